The minimum absolute atomic E-state index is 0.0467. The molecule has 3 rings (SSSR count). The first kappa shape index (κ1) is 21.4. The fourth-order valence-corrected chi connectivity index (χ4v) is 3.04. The first-order chi connectivity index (χ1) is 14.5. The number of ether oxygens (including phenoxy) is 2. The lowest BCUT2D eigenvalue weighted by Crippen LogP contribution is -2.31. The van der Waals surface area contributed by atoms with Gasteiger partial charge in [0.25, 0.3) is 5.91 Å². The number of hydrogen-bond acceptors (Lipinski definition) is 4. The van der Waals surface area contributed by atoms with Crippen LogP contribution in [0.15, 0.2) is 77.8 Å². The van der Waals surface area contributed by atoms with Crippen LogP contribution in [0.2, 0.25) is 5.02 Å². The number of rotatable bonds is 8. The van der Waals surface area contributed by atoms with E-state index in [0.29, 0.717) is 16.5 Å². The molecule has 0 saturated heterocycles. The number of carbonyl (C=O) groups is 1. The topological polar surface area (TPSA) is 59.9 Å². The Balaban J connectivity index is 1.50. The molecule has 1 amide bonds. The molecule has 0 aliphatic rings. The first-order valence-corrected chi connectivity index (χ1v) is 9.88. The highest BCUT2D eigenvalue weighted by molar-refractivity contribution is 6.32. The maximum Gasteiger partial charge on any atom is 0.258 e. The average molecular weight is 423 g/mol. The molecule has 1 atom stereocenters. The molecule has 3 aromatic rings. The summed E-state index contributed by atoms with van der Waals surface area (Å²) in [6.45, 7) is 1.90. The molecule has 0 bridgehead atoms. The molecule has 5 nitrogen and oxygen atoms in total. The number of nitrogens with zero attached hydrogens (tertiary/aromatic N) is 1. The number of nitrogens with one attached hydrogen (secondary N) is 1. The van der Waals surface area contributed by atoms with Gasteiger partial charge in [-0.1, -0.05) is 41.9 Å². The SMILES string of the molecule is COc1ccc(N=Cc2ccc(OCC(=O)N[C@@H](C)c3ccccc3)cc2)cc1Cl. The van der Waals surface area contributed by atoms with E-state index in [4.69, 9.17) is 21.1 Å². The Hall–Kier alpha value is -3.31. The van der Waals surface area contributed by atoms with Gasteiger partial charge in [0.15, 0.2) is 6.61 Å². The molecular formula is C24H23ClN2O3. The van der Waals surface area contributed by atoms with E-state index in [0.717, 1.165) is 16.8 Å². The zero-order valence-corrected chi connectivity index (χ0v) is 17.6. The van der Waals surface area contributed by atoms with E-state index in [9.17, 15) is 4.79 Å². The van der Waals surface area contributed by atoms with Gasteiger partial charge in [-0.3, -0.25) is 9.79 Å². The molecular weight excluding hydrogens is 400 g/mol. The van der Waals surface area contributed by atoms with E-state index in [1.165, 1.54) is 0 Å². The zero-order chi connectivity index (χ0) is 21.3. The molecule has 0 spiro atoms. The Bertz CT molecular complexity index is 1000. The van der Waals surface area contributed by atoms with Crippen LogP contribution in [0.5, 0.6) is 11.5 Å². The van der Waals surface area contributed by atoms with E-state index in [-0.39, 0.29) is 18.6 Å². The smallest absolute Gasteiger partial charge is 0.258 e. The highest BCUT2D eigenvalue weighted by atomic mass is 35.5. The minimum Gasteiger partial charge on any atom is -0.495 e. The van der Waals surface area contributed by atoms with Gasteiger partial charge >= 0.3 is 0 Å². The Kier molecular flexibility index (Phi) is 7.46. The molecule has 0 heterocycles. The van der Waals surface area contributed by atoms with Crippen LogP contribution in [0.3, 0.4) is 0 Å². The molecule has 30 heavy (non-hydrogen) atoms. The molecule has 0 saturated carbocycles. The first-order valence-electron chi connectivity index (χ1n) is 9.50. The number of halogens is 1. The minimum atomic E-state index is -0.173. The fourth-order valence-electron chi connectivity index (χ4n) is 2.79. The second-order valence-corrected chi connectivity index (χ2v) is 7.04. The normalized spacial score (nSPS) is 11.8. The number of hydrogen-bond donors (Lipinski definition) is 1. The molecule has 154 valence electrons. The lowest BCUT2D eigenvalue weighted by Gasteiger charge is -2.14. The molecule has 3 aromatic carbocycles. The third-order valence-corrected chi connectivity index (χ3v) is 4.72. The standard InChI is InChI=1S/C24H23ClN2O3/c1-17(19-6-4-3-5-7-19)27-24(28)16-30-21-11-8-18(9-12-21)15-26-20-10-13-23(29-2)22(25)14-20/h3-15,17H,16H2,1-2H3,(H,27,28)/t17-/m0/s1. The van der Waals surface area contributed by atoms with Crippen molar-refractivity contribution in [2.24, 2.45) is 4.99 Å². The van der Waals surface area contributed by atoms with Crippen LogP contribution in [-0.4, -0.2) is 25.8 Å². The number of carbonyl (C=O) groups excluding carboxylic acids is 1. The highest BCUT2D eigenvalue weighted by Gasteiger charge is 2.09. The van der Waals surface area contributed by atoms with E-state index < -0.39 is 0 Å². The molecule has 0 aliphatic carbocycles. The zero-order valence-electron chi connectivity index (χ0n) is 16.8. The predicted octanol–water partition coefficient (Wildman–Crippen LogP) is 5.36. The van der Waals surface area contributed by atoms with Crippen molar-refractivity contribution >= 4 is 29.4 Å². The van der Waals surface area contributed by atoms with Crippen molar-refractivity contribution in [2.45, 2.75) is 13.0 Å². The van der Waals surface area contributed by atoms with Gasteiger partial charge < -0.3 is 14.8 Å². The Labute approximate surface area is 181 Å². The Morgan fingerprint density at radius 2 is 1.83 bits per heavy atom. The van der Waals surface area contributed by atoms with Gasteiger partial charge in [-0.25, -0.2) is 0 Å². The van der Waals surface area contributed by atoms with Crippen LogP contribution in [-0.2, 0) is 4.79 Å². The second-order valence-electron chi connectivity index (χ2n) is 6.63. The predicted molar refractivity (Wildman–Crippen MR) is 120 cm³/mol. The average Bonchev–Trinajstić information content (AvgIpc) is 2.77. The van der Waals surface area contributed by atoms with Gasteiger partial charge in [0.05, 0.1) is 23.9 Å². The summed E-state index contributed by atoms with van der Waals surface area (Å²) >= 11 is 6.11. The lowest BCUT2D eigenvalue weighted by atomic mass is 10.1. The number of benzene rings is 3. The Morgan fingerprint density at radius 3 is 2.50 bits per heavy atom. The van der Waals surface area contributed by atoms with Crippen LogP contribution >= 0.6 is 11.6 Å². The maximum absolute atomic E-state index is 12.1. The highest BCUT2D eigenvalue weighted by Crippen LogP contribution is 2.28. The summed E-state index contributed by atoms with van der Waals surface area (Å²) in [6, 6.07) is 22.4. The van der Waals surface area contributed by atoms with E-state index in [1.54, 1.807) is 37.6 Å². The van der Waals surface area contributed by atoms with E-state index >= 15 is 0 Å². The van der Waals surface area contributed by atoms with Crippen molar-refractivity contribution in [2.75, 3.05) is 13.7 Å². The lowest BCUT2D eigenvalue weighted by molar-refractivity contribution is -0.123. The second kappa shape index (κ2) is 10.5. The number of aliphatic imine (C=N–C) groups is 1. The summed E-state index contributed by atoms with van der Waals surface area (Å²) < 4.78 is 10.7. The maximum atomic E-state index is 12.1. The largest absolute Gasteiger partial charge is 0.495 e. The van der Waals surface area contributed by atoms with Gasteiger partial charge in [-0.15, -0.1) is 0 Å². The summed E-state index contributed by atoms with van der Waals surface area (Å²) in [5, 5.41) is 3.43. The summed E-state index contributed by atoms with van der Waals surface area (Å²) in [4.78, 5) is 16.5. The van der Waals surface area contributed by atoms with Gasteiger partial charge in [-0.05, 0) is 60.5 Å². The van der Waals surface area contributed by atoms with Crippen LogP contribution in [0.4, 0.5) is 5.69 Å². The third-order valence-electron chi connectivity index (χ3n) is 4.43. The van der Waals surface area contributed by atoms with Crippen molar-refractivity contribution < 1.29 is 14.3 Å². The molecule has 0 radical (unpaired) electrons. The molecule has 0 aliphatic heterocycles. The van der Waals surface area contributed by atoms with Gasteiger partial charge in [0.1, 0.15) is 11.5 Å². The summed E-state index contributed by atoms with van der Waals surface area (Å²) in [6.07, 6.45) is 1.73. The van der Waals surface area contributed by atoms with Crippen molar-refractivity contribution in [3.05, 3.63) is 88.9 Å². The van der Waals surface area contributed by atoms with Crippen LogP contribution in [0.25, 0.3) is 0 Å². The van der Waals surface area contributed by atoms with E-state index in [1.807, 2.05) is 55.5 Å². The summed E-state index contributed by atoms with van der Waals surface area (Å²) in [5.74, 6) is 1.05. The number of amides is 1. The molecule has 6 heteroatoms. The monoisotopic (exact) mass is 422 g/mol. The quantitative estimate of drug-likeness (QED) is 0.497. The van der Waals surface area contributed by atoms with Crippen molar-refractivity contribution in [1.29, 1.82) is 0 Å². The summed E-state index contributed by atoms with van der Waals surface area (Å²) in [7, 11) is 1.57. The van der Waals surface area contributed by atoms with Crippen LogP contribution in [0, 0.1) is 0 Å². The fraction of sp³-hybridized carbons (Fsp3) is 0.167. The van der Waals surface area contributed by atoms with Crippen LogP contribution in [0.1, 0.15) is 24.1 Å². The van der Waals surface area contributed by atoms with Crippen LogP contribution < -0.4 is 14.8 Å². The molecule has 1 N–H and O–H groups in total. The van der Waals surface area contributed by atoms with Gasteiger partial charge in [-0.2, -0.15) is 0 Å². The van der Waals surface area contributed by atoms with E-state index in [2.05, 4.69) is 10.3 Å². The van der Waals surface area contributed by atoms with Crippen molar-refractivity contribution in [3.8, 4) is 11.5 Å². The summed E-state index contributed by atoms with van der Waals surface area (Å²) in [5.41, 5.74) is 2.68. The molecule has 0 unspecified atom stereocenters. The molecule has 0 fully saturated rings. The molecule has 0 aromatic heterocycles. The third kappa shape index (κ3) is 6.09. The van der Waals surface area contributed by atoms with Crippen molar-refractivity contribution in [1.82, 2.24) is 5.32 Å². The van der Waals surface area contributed by atoms with Gasteiger partial charge in [0.2, 0.25) is 0 Å². The Morgan fingerprint density at radius 1 is 1.10 bits per heavy atom. The number of methoxy groups -OCH3 is 1. The van der Waals surface area contributed by atoms with Gasteiger partial charge in [0, 0.05) is 6.21 Å². The van der Waals surface area contributed by atoms with Crippen molar-refractivity contribution in [3.63, 3.8) is 0 Å².